The summed E-state index contributed by atoms with van der Waals surface area (Å²) in [6, 6.07) is 11.1. The third-order valence-electron chi connectivity index (χ3n) is 3.34. The van der Waals surface area contributed by atoms with Crippen LogP contribution >= 0.6 is 11.6 Å². The van der Waals surface area contributed by atoms with Crippen LogP contribution in [0.25, 0.3) is 0 Å². The summed E-state index contributed by atoms with van der Waals surface area (Å²) < 4.78 is 27.1. The Morgan fingerprint density at radius 2 is 1.91 bits per heavy atom. The number of nitro benzene ring substituents is 1. The Balaban J connectivity index is 2.13. The molecule has 0 unspecified atom stereocenters. The van der Waals surface area contributed by atoms with Crippen molar-refractivity contribution in [3.05, 3.63) is 68.7 Å². The molecule has 0 aliphatic heterocycles. The fraction of sp³-hybridized carbons (Fsp3) is 0.200. The highest BCUT2D eigenvalue weighted by molar-refractivity contribution is 7.89. The lowest BCUT2D eigenvalue weighted by molar-refractivity contribution is -0.385. The zero-order valence-electron chi connectivity index (χ0n) is 12.3. The van der Waals surface area contributed by atoms with Gasteiger partial charge in [0.25, 0.3) is 5.69 Å². The van der Waals surface area contributed by atoms with E-state index < -0.39 is 14.9 Å². The summed E-state index contributed by atoms with van der Waals surface area (Å²) in [5.41, 5.74) is 0.798. The van der Waals surface area contributed by atoms with Crippen LogP contribution in [0.15, 0.2) is 47.4 Å². The smallest absolute Gasteiger partial charge is 0.258 e. The second kappa shape index (κ2) is 7.08. The number of sulfonamides is 1. The highest BCUT2D eigenvalue weighted by atomic mass is 35.5. The maximum Gasteiger partial charge on any atom is 0.273 e. The summed E-state index contributed by atoms with van der Waals surface area (Å²) in [5, 5.41) is 11.5. The molecule has 0 atom stereocenters. The van der Waals surface area contributed by atoms with Gasteiger partial charge in [-0.05, 0) is 37.1 Å². The van der Waals surface area contributed by atoms with E-state index in [1.807, 2.05) is 6.07 Å². The van der Waals surface area contributed by atoms with Gasteiger partial charge in [-0.25, -0.2) is 13.1 Å². The average molecular weight is 355 g/mol. The predicted molar refractivity (Wildman–Crippen MR) is 88.2 cm³/mol. The Labute approximate surface area is 139 Å². The van der Waals surface area contributed by atoms with Gasteiger partial charge in [0.05, 0.1) is 9.82 Å². The Bertz CT molecular complexity index is 837. The number of hydrogen-bond donors (Lipinski definition) is 1. The molecule has 8 heteroatoms. The van der Waals surface area contributed by atoms with Crippen LogP contribution in [-0.4, -0.2) is 19.9 Å². The van der Waals surface area contributed by atoms with Crippen LogP contribution in [-0.2, 0) is 16.4 Å². The maximum absolute atomic E-state index is 12.3. The number of rotatable bonds is 6. The minimum atomic E-state index is -3.81. The first-order valence-corrected chi connectivity index (χ1v) is 8.65. The molecule has 122 valence electrons. The van der Waals surface area contributed by atoms with E-state index in [9.17, 15) is 18.5 Å². The Morgan fingerprint density at radius 1 is 1.22 bits per heavy atom. The lowest BCUT2D eigenvalue weighted by Gasteiger charge is -2.09. The number of nitrogens with one attached hydrogen (secondary N) is 1. The molecule has 0 aliphatic carbocycles. The lowest BCUT2D eigenvalue weighted by atomic mass is 10.2. The molecule has 0 heterocycles. The second-order valence-electron chi connectivity index (χ2n) is 4.94. The molecule has 23 heavy (non-hydrogen) atoms. The van der Waals surface area contributed by atoms with Crippen LogP contribution in [0.2, 0.25) is 5.02 Å². The molecule has 0 spiro atoms. The highest BCUT2D eigenvalue weighted by Gasteiger charge is 2.22. The fourth-order valence-electron chi connectivity index (χ4n) is 2.19. The summed E-state index contributed by atoms with van der Waals surface area (Å²) in [6.45, 7) is 1.59. The van der Waals surface area contributed by atoms with Crippen LogP contribution in [0.4, 0.5) is 5.69 Å². The van der Waals surface area contributed by atoms with Gasteiger partial charge in [-0.1, -0.05) is 29.8 Å². The van der Waals surface area contributed by atoms with Gasteiger partial charge in [-0.15, -0.1) is 0 Å². The molecule has 0 amide bonds. The molecule has 2 rings (SSSR count). The molecular weight excluding hydrogens is 340 g/mol. The van der Waals surface area contributed by atoms with Gasteiger partial charge in [0.15, 0.2) is 0 Å². The van der Waals surface area contributed by atoms with Crippen LogP contribution in [0.1, 0.15) is 11.1 Å². The molecule has 0 saturated heterocycles. The third-order valence-corrected chi connectivity index (χ3v) is 5.18. The van der Waals surface area contributed by atoms with Gasteiger partial charge in [-0.2, -0.15) is 0 Å². The monoisotopic (exact) mass is 354 g/mol. The number of hydrogen-bond acceptors (Lipinski definition) is 4. The van der Waals surface area contributed by atoms with Crippen molar-refractivity contribution in [2.45, 2.75) is 18.2 Å². The molecule has 2 aromatic carbocycles. The normalized spacial score (nSPS) is 11.4. The van der Waals surface area contributed by atoms with Crippen LogP contribution in [0.5, 0.6) is 0 Å². The van der Waals surface area contributed by atoms with Crippen molar-refractivity contribution in [3.8, 4) is 0 Å². The largest absolute Gasteiger partial charge is 0.273 e. The summed E-state index contributed by atoms with van der Waals surface area (Å²) in [5.74, 6) is 0. The van der Waals surface area contributed by atoms with E-state index >= 15 is 0 Å². The Morgan fingerprint density at radius 3 is 2.57 bits per heavy atom. The molecule has 0 radical (unpaired) electrons. The molecule has 1 N–H and O–H groups in total. The second-order valence-corrected chi connectivity index (χ2v) is 7.11. The molecule has 0 saturated carbocycles. The zero-order chi connectivity index (χ0) is 17.0. The van der Waals surface area contributed by atoms with Gasteiger partial charge in [-0.3, -0.25) is 10.1 Å². The van der Waals surface area contributed by atoms with Gasteiger partial charge in [0.1, 0.15) is 0 Å². The first-order valence-electron chi connectivity index (χ1n) is 6.79. The van der Waals surface area contributed by atoms with E-state index in [2.05, 4.69) is 4.72 Å². The van der Waals surface area contributed by atoms with Crippen molar-refractivity contribution in [2.24, 2.45) is 0 Å². The maximum atomic E-state index is 12.3. The molecular formula is C15H15ClN2O4S. The summed E-state index contributed by atoms with van der Waals surface area (Å²) >= 11 is 5.87. The minimum Gasteiger partial charge on any atom is -0.258 e. The van der Waals surface area contributed by atoms with E-state index in [1.165, 1.54) is 25.1 Å². The van der Waals surface area contributed by atoms with E-state index in [0.717, 1.165) is 5.56 Å². The summed E-state index contributed by atoms with van der Waals surface area (Å²) in [7, 11) is -3.81. The summed E-state index contributed by atoms with van der Waals surface area (Å²) in [4.78, 5) is 10.2. The standard InChI is InChI=1S/C15H15ClN2O4S/c1-11-14(18(19)20)6-3-7-15(11)23(21,22)17-9-8-12-4-2-5-13(16)10-12/h2-7,10,17H,8-9H2,1H3. The molecule has 2 aromatic rings. The highest BCUT2D eigenvalue weighted by Crippen LogP contribution is 2.24. The number of nitro groups is 1. The number of halogens is 1. The molecule has 0 aliphatic rings. The minimum absolute atomic E-state index is 0.0854. The van der Waals surface area contributed by atoms with Crippen molar-refractivity contribution < 1.29 is 13.3 Å². The molecule has 0 aromatic heterocycles. The topological polar surface area (TPSA) is 89.3 Å². The zero-order valence-corrected chi connectivity index (χ0v) is 13.9. The van der Waals surface area contributed by atoms with Gasteiger partial charge in [0, 0.05) is 23.2 Å². The number of nitrogens with zero attached hydrogens (tertiary/aromatic N) is 1. The average Bonchev–Trinajstić information content (AvgIpc) is 2.46. The fourth-order valence-corrected chi connectivity index (χ4v) is 3.70. The predicted octanol–water partition coefficient (Wildman–Crippen LogP) is 3.08. The number of benzene rings is 2. The first kappa shape index (κ1) is 17.4. The van der Waals surface area contributed by atoms with Crippen LogP contribution in [0, 0.1) is 17.0 Å². The quantitative estimate of drug-likeness (QED) is 0.637. The SMILES string of the molecule is Cc1c([N+](=O)[O-])cccc1S(=O)(=O)NCCc1cccc(Cl)c1. The van der Waals surface area contributed by atoms with E-state index in [0.29, 0.717) is 11.4 Å². The summed E-state index contributed by atoms with van der Waals surface area (Å²) in [6.07, 6.45) is 0.466. The van der Waals surface area contributed by atoms with E-state index in [-0.39, 0.29) is 22.7 Å². The molecule has 0 fully saturated rings. The third kappa shape index (κ3) is 4.28. The van der Waals surface area contributed by atoms with Crippen molar-refractivity contribution in [1.82, 2.24) is 4.72 Å². The van der Waals surface area contributed by atoms with Crippen molar-refractivity contribution in [3.63, 3.8) is 0 Å². The molecule has 0 bridgehead atoms. The lowest BCUT2D eigenvalue weighted by Crippen LogP contribution is -2.26. The van der Waals surface area contributed by atoms with Crippen LogP contribution in [0.3, 0.4) is 0 Å². The van der Waals surface area contributed by atoms with Crippen LogP contribution < -0.4 is 4.72 Å². The Hall–Kier alpha value is -1.96. The van der Waals surface area contributed by atoms with E-state index in [4.69, 9.17) is 11.6 Å². The van der Waals surface area contributed by atoms with Gasteiger partial charge < -0.3 is 0 Å². The Kier molecular flexibility index (Phi) is 5.35. The van der Waals surface area contributed by atoms with Gasteiger partial charge >= 0.3 is 0 Å². The first-order chi connectivity index (χ1) is 10.8. The van der Waals surface area contributed by atoms with Gasteiger partial charge in [0.2, 0.25) is 10.0 Å². The van der Waals surface area contributed by atoms with Crippen molar-refractivity contribution in [1.29, 1.82) is 0 Å². The van der Waals surface area contributed by atoms with E-state index in [1.54, 1.807) is 18.2 Å². The van der Waals surface area contributed by atoms with Crippen molar-refractivity contribution >= 4 is 27.3 Å². The van der Waals surface area contributed by atoms with Crippen molar-refractivity contribution in [2.75, 3.05) is 6.54 Å². The molecule has 6 nitrogen and oxygen atoms in total.